The lowest BCUT2D eigenvalue weighted by atomic mass is 9.83. The minimum absolute atomic E-state index is 0.138. The van der Waals surface area contributed by atoms with Gasteiger partial charge in [-0.2, -0.15) is 0 Å². The normalized spacial score (nSPS) is 13.3. The van der Waals surface area contributed by atoms with Crippen molar-refractivity contribution in [2.75, 3.05) is 7.11 Å². The number of hydrogen-bond acceptors (Lipinski definition) is 2. The van der Waals surface area contributed by atoms with Crippen molar-refractivity contribution in [1.29, 1.82) is 0 Å². The first-order chi connectivity index (χ1) is 8.36. The van der Waals surface area contributed by atoms with Gasteiger partial charge in [0.05, 0.1) is 11.5 Å². The fourth-order valence-corrected chi connectivity index (χ4v) is 1.87. The Labute approximate surface area is 109 Å². The average molecular weight is 250 g/mol. The van der Waals surface area contributed by atoms with E-state index < -0.39 is 11.4 Å². The summed E-state index contributed by atoms with van der Waals surface area (Å²) < 4.78 is 5.27. The fraction of sp³-hybridized carbons (Fsp3) is 0.533. The lowest BCUT2D eigenvalue weighted by molar-refractivity contribution is -0.146. The molecule has 0 fully saturated rings. The fourth-order valence-electron chi connectivity index (χ4n) is 1.87. The predicted molar refractivity (Wildman–Crippen MR) is 71.7 cm³/mol. The summed E-state index contributed by atoms with van der Waals surface area (Å²) in [6, 6.07) is 7.98. The number of hydrogen-bond donors (Lipinski definition) is 1. The summed E-state index contributed by atoms with van der Waals surface area (Å²) in [5.41, 5.74) is 1.52. The maximum absolute atomic E-state index is 11.2. The van der Waals surface area contributed by atoms with Gasteiger partial charge in [0.2, 0.25) is 0 Å². The molecule has 0 bridgehead atoms. The third kappa shape index (κ3) is 3.84. The van der Waals surface area contributed by atoms with E-state index in [4.69, 9.17) is 4.74 Å². The smallest absolute Gasteiger partial charge is 0.309 e. The van der Waals surface area contributed by atoms with Crippen LogP contribution in [0, 0.1) is 5.41 Å². The van der Waals surface area contributed by atoms with Crippen LogP contribution < -0.4 is 0 Å². The molecule has 0 heterocycles. The summed E-state index contributed by atoms with van der Waals surface area (Å²) in [7, 11) is 1.69. The van der Waals surface area contributed by atoms with Gasteiger partial charge in [-0.25, -0.2) is 0 Å². The van der Waals surface area contributed by atoms with Crippen LogP contribution in [-0.2, 0) is 22.4 Å². The van der Waals surface area contributed by atoms with Gasteiger partial charge in [0, 0.05) is 7.11 Å². The molecule has 0 aromatic heterocycles. The lowest BCUT2D eigenvalue weighted by Crippen LogP contribution is -2.27. The summed E-state index contributed by atoms with van der Waals surface area (Å²) >= 11 is 0. The molecule has 0 aliphatic rings. The Morgan fingerprint density at radius 2 is 1.89 bits per heavy atom. The molecule has 3 nitrogen and oxygen atoms in total. The third-order valence-electron chi connectivity index (χ3n) is 3.24. The van der Waals surface area contributed by atoms with E-state index in [9.17, 15) is 9.90 Å². The molecule has 0 saturated carbocycles. The molecule has 1 atom stereocenters. The largest absolute Gasteiger partial charge is 0.481 e. The number of ether oxygens (including phenoxy) is 1. The number of methoxy groups -OCH3 is 1. The Balaban J connectivity index is 2.92. The Morgan fingerprint density at radius 1 is 1.33 bits per heavy atom. The number of carboxylic acids is 1. The Bertz CT molecular complexity index is 410. The van der Waals surface area contributed by atoms with Gasteiger partial charge in [-0.05, 0) is 44.7 Å². The molecule has 1 unspecified atom stereocenters. The quantitative estimate of drug-likeness (QED) is 0.844. The molecule has 3 heteroatoms. The maximum atomic E-state index is 11.2. The van der Waals surface area contributed by atoms with Crippen LogP contribution in [0.3, 0.4) is 0 Å². The number of rotatable bonds is 6. The minimum Gasteiger partial charge on any atom is -0.481 e. The molecule has 0 saturated heterocycles. The Hall–Kier alpha value is -1.35. The molecular weight excluding hydrogens is 228 g/mol. The molecular formula is C15H22O3. The first-order valence-corrected chi connectivity index (χ1v) is 6.20. The van der Waals surface area contributed by atoms with Crippen LogP contribution in [0.4, 0.5) is 0 Å². The summed E-state index contributed by atoms with van der Waals surface area (Å²) in [4.78, 5) is 11.2. The summed E-state index contributed by atoms with van der Waals surface area (Å²) in [5.74, 6) is -0.767. The van der Waals surface area contributed by atoms with Crippen LogP contribution >= 0.6 is 0 Å². The first kappa shape index (κ1) is 14.7. The summed E-state index contributed by atoms with van der Waals surface area (Å²) in [6.07, 6.45) is 1.48. The van der Waals surface area contributed by atoms with Crippen LogP contribution in [0.1, 0.15) is 31.9 Å². The predicted octanol–water partition coefficient (Wildman–Crippen LogP) is 2.92. The van der Waals surface area contributed by atoms with E-state index in [-0.39, 0.29) is 6.10 Å². The van der Waals surface area contributed by atoms with Crippen molar-refractivity contribution in [3.05, 3.63) is 35.4 Å². The molecule has 1 rings (SSSR count). The lowest BCUT2D eigenvalue weighted by Gasteiger charge is -2.21. The molecule has 1 aromatic rings. The second-order valence-electron chi connectivity index (χ2n) is 5.38. The van der Waals surface area contributed by atoms with Crippen molar-refractivity contribution in [2.24, 2.45) is 5.41 Å². The van der Waals surface area contributed by atoms with E-state index in [0.717, 1.165) is 12.0 Å². The number of carbonyl (C=O) groups is 1. The summed E-state index contributed by atoms with van der Waals surface area (Å²) in [5, 5.41) is 9.20. The van der Waals surface area contributed by atoms with Crippen molar-refractivity contribution < 1.29 is 14.6 Å². The topological polar surface area (TPSA) is 46.5 Å². The van der Waals surface area contributed by atoms with E-state index in [2.05, 4.69) is 0 Å². The van der Waals surface area contributed by atoms with Gasteiger partial charge in [0.1, 0.15) is 0 Å². The van der Waals surface area contributed by atoms with Crippen LogP contribution in [0.25, 0.3) is 0 Å². The zero-order chi connectivity index (χ0) is 13.8. The number of benzene rings is 1. The second-order valence-corrected chi connectivity index (χ2v) is 5.38. The van der Waals surface area contributed by atoms with Crippen molar-refractivity contribution in [1.82, 2.24) is 0 Å². The molecule has 1 N–H and O–H groups in total. The van der Waals surface area contributed by atoms with E-state index in [0.29, 0.717) is 6.42 Å². The molecule has 0 radical (unpaired) electrons. The minimum atomic E-state index is -0.767. The Morgan fingerprint density at radius 3 is 2.39 bits per heavy atom. The SMILES string of the molecule is COC(C)Cc1ccccc1CC(C)(C)C(=O)O. The Kier molecular flexibility index (Phi) is 4.91. The molecule has 0 spiro atoms. The van der Waals surface area contributed by atoms with Crippen molar-refractivity contribution in [3.63, 3.8) is 0 Å². The van der Waals surface area contributed by atoms with Crippen LogP contribution in [0.2, 0.25) is 0 Å². The average Bonchev–Trinajstić information content (AvgIpc) is 2.31. The zero-order valence-electron chi connectivity index (χ0n) is 11.6. The molecule has 0 aliphatic heterocycles. The highest BCUT2D eigenvalue weighted by Gasteiger charge is 2.28. The van der Waals surface area contributed by atoms with Gasteiger partial charge in [-0.3, -0.25) is 4.79 Å². The highest BCUT2D eigenvalue weighted by atomic mass is 16.5. The standard InChI is InChI=1S/C15H22O3/c1-11(18-4)9-12-7-5-6-8-13(12)10-15(2,3)14(16)17/h5-8,11H,9-10H2,1-4H3,(H,16,17). The third-order valence-corrected chi connectivity index (χ3v) is 3.24. The van der Waals surface area contributed by atoms with Gasteiger partial charge in [0.25, 0.3) is 0 Å². The van der Waals surface area contributed by atoms with Gasteiger partial charge in [-0.15, -0.1) is 0 Å². The van der Waals surface area contributed by atoms with Crippen molar-refractivity contribution in [2.45, 2.75) is 39.7 Å². The van der Waals surface area contributed by atoms with Crippen molar-refractivity contribution >= 4 is 5.97 Å². The number of aliphatic carboxylic acids is 1. The highest BCUT2D eigenvalue weighted by Crippen LogP contribution is 2.25. The zero-order valence-corrected chi connectivity index (χ0v) is 11.6. The van der Waals surface area contributed by atoms with Gasteiger partial charge in [-0.1, -0.05) is 24.3 Å². The van der Waals surface area contributed by atoms with Crippen molar-refractivity contribution in [3.8, 4) is 0 Å². The second kappa shape index (κ2) is 6.01. The first-order valence-electron chi connectivity index (χ1n) is 6.20. The van der Waals surface area contributed by atoms with E-state index >= 15 is 0 Å². The molecule has 0 amide bonds. The van der Waals surface area contributed by atoms with E-state index in [1.807, 2.05) is 31.2 Å². The maximum Gasteiger partial charge on any atom is 0.309 e. The number of carboxylic acid groups (broad SMARTS) is 1. The van der Waals surface area contributed by atoms with E-state index in [1.165, 1.54) is 5.56 Å². The summed E-state index contributed by atoms with van der Waals surface area (Å²) in [6.45, 7) is 5.52. The van der Waals surface area contributed by atoms with Gasteiger partial charge >= 0.3 is 5.97 Å². The van der Waals surface area contributed by atoms with E-state index in [1.54, 1.807) is 21.0 Å². The monoisotopic (exact) mass is 250 g/mol. The molecule has 0 aliphatic carbocycles. The van der Waals surface area contributed by atoms with Crippen LogP contribution in [0.15, 0.2) is 24.3 Å². The molecule has 18 heavy (non-hydrogen) atoms. The van der Waals surface area contributed by atoms with Gasteiger partial charge < -0.3 is 9.84 Å². The van der Waals surface area contributed by atoms with Crippen LogP contribution in [0.5, 0.6) is 0 Å². The highest BCUT2D eigenvalue weighted by molar-refractivity contribution is 5.74. The molecule has 1 aromatic carbocycles. The van der Waals surface area contributed by atoms with Crippen LogP contribution in [-0.4, -0.2) is 24.3 Å². The molecule has 100 valence electrons. The van der Waals surface area contributed by atoms with Gasteiger partial charge in [0.15, 0.2) is 0 Å².